The Balaban J connectivity index is 2.20. The molecule has 192 valence electrons. The molecule has 8 nitrogen and oxygen atoms in total. The van der Waals surface area contributed by atoms with Crippen molar-refractivity contribution < 1.29 is 33.7 Å². The van der Waals surface area contributed by atoms with Gasteiger partial charge >= 0.3 is 11.9 Å². The number of rotatable bonds is 5. The molecular formula is C27H37NO7. The highest BCUT2D eigenvalue weighted by Gasteiger charge is 2.44. The maximum Gasteiger partial charge on any atom is 0.341 e. The molecule has 1 unspecified atom stereocenters. The molecule has 0 bridgehead atoms. The van der Waals surface area contributed by atoms with Crippen LogP contribution in [0.25, 0.3) is 0 Å². The zero-order valence-corrected chi connectivity index (χ0v) is 21.7. The van der Waals surface area contributed by atoms with Crippen LogP contribution in [0.5, 0.6) is 11.5 Å². The smallest absolute Gasteiger partial charge is 0.341 e. The fourth-order valence-corrected chi connectivity index (χ4v) is 4.32. The third-order valence-electron chi connectivity index (χ3n) is 5.77. The number of ketones is 1. The summed E-state index contributed by atoms with van der Waals surface area (Å²) >= 11 is 0. The van der Waals surface area contributed by atoms with E-state index in [-0.39, 0.29) is 45.9 Å². The molecule has 1 fully saturated rings. The van der Waals surface area contributed by atoms with Crippen molar-refractivity contribution in [3.8, 4) is 11.5 Å². The Morgan fingerprint density at radius 2 is 1.57 bits per heavy atom. The summed E-state index contributed by atoms with van der Waals surface area (Å²) in [4.78, 5) is 39.2. The standard InChI is InChI=1S/C27H37NO7/c1-15(29)17-13-18-20(14-19(17)30)33-23(28-16-11-9-8-10-12-16)22(25(32)35-27(5,6)7)21(18)24(31)34-26(2,3)4/h13-14,16,21,28,30H,8-12H2,1-7H3. The number of carbonyl (C=O) groups excluding carboxylic acids is 3. The summed E-state index contributed by atoms with van der Waals surface area (Å²) in [5.41, 5.74) is -1.37. The topological polar surface area (TPSA) is 111 Å². The van der Waals surface area contributed by atoms with Crippen LogP contribution in [0.4, 0.5) is 0 Å². The van der Waals surface area contributed by atoms with E-state index in [1.807, 2.05) is 0 Å². The van der Waals surface area contributed by atoms with Gasteiger partial charge in [-0.2, -0.15) is 0 Å². The van der Waals surface area contributed by atoms with E-state index in [1.54, 1.807) is 41.5 Å². The lowest BCUT2D eigenvalue weighted by Crippen LogP contribution is -2.41. The van der Waals surface area contributed by atoms with E-state index in [2.05, 4.69) is 5.32 Å². The molecule has 2 aliphatic rings. The highest BCUT2D eigenvalue weighted by atomic mass is 16.6. The fraction of sp³-hybridized carbons (Fsp3) is 0.593. The SMILES string of the molecule is CC(=O)c1cc2c(cc1O)OC(NC1CCCCC1)=C(C(=O)OC(C)(C)C)C2C(=O)OC(C)(C)C. The minimum absolute atomic E-state index is 0.00700. The Kier molecular flexibility index (Phi) is 7.53. The summed E-state index contributed by atoms with van der Waals surface area (Å²) in [6, 6.07) is 2.75. The average Bonchev–Trinajstić information content (AvgIpc) is 2.70. The van der Waals surface area contributed by atoms with Gasteiger partial charge in [0.15, 0.2) is 5.78 Å². The Morgan fingerprint density at radius 1 is 0.971 bits per heavy atom. The van der Waals surface area contributed by atoms with Crippen molar-refractivity contribution >= 4 is 17.7 Å². The summed E-state index contributed by atoms with van der Waals surface area (Å²) in [6.45, 7) is 11.8. The molecule has 0 spiro atoms. The first-order chi connectivity index (χ1) is 16.2. The van der Waals surface area contributed by atoms with E-state index in [4.69, 9.17) is 14.2 Å². The van der Waals surface area contributed by atoms with Crippen molar-refractivity contribution in [2.24, 2.45) is 0 Å². The van der Waals surface area contributed by atoms with Crippen LogP contribution in [-0.4, -0.2) is 40.1 Å². The van der Waals surface area contributed by atoms with Crippen molar-refractivity contribution in [2.45, 2.75) is 104 Å². The number of phenolic OH excluding ortho intramolecular Hbond substituents is 1. The Hall–Kier alpha value is -3.03. The molecule has 0 amide bonds. The van der Waals surface area contributed by atoms with E-state index >= 15 is 0 Å². The highest BCUT2D eigenvalue weighted by molar-refractivity contribution is 6.02. The van der Waals surface area contributed by atoms with Gasteiger partial charge in [0.2, 0.25) is 5.88 Å². The quantitative estimate of drug-likeness (QED) is 0.446. The van der Waals surface area contributed by atoms with Gasteiger partial charge in [-0.15, -0.1) is 0 Å². The first kappa shape index (κ1) is 26.6. The largest absolute Gasteiger partial charge is 0.507 e. The molecule has 1 atom stereocenters. The van der Waals surface area contributed by atoms with Gasteiger partial charge in [0, 0.05) is 17.7 Å². The number of aromatic hydroxyl groups is 1. The van der Waals surface area contributed by atoms with Crippen LogP contribution >= 0.6 is 0 Å². The van der Waals surface area contributed by atoms with E-state index in [9.17, 15) is 19.5 Å². The van der Waals surface area contributed by atoms with Crippen molar-refractivity contribution in [2.75, 3.05) is 0 Å². The van der Waals surface area contributed by atoms with Gasteiger partial charge in [0.1, 0.15) is 34.2 Å². The second kappa shape index (κ2) is 9.91. The lowest BCUT2D eigenvalue weighted by Gasteiger charge is -2.34. The van der Waals surface area contributed by atoms with E-state index in [0.717, 1.165) is 32.1 Å². The normalized spacial score (nSPS) is 18.9. The lowest BCUT2D eigenvalue weighted by molar-refractivity contribution is -0.160. The predicted octanol–water partition coefficient (Wildman–Crippen LogP) is 4.89. The van der Waals surface area contributed by atoms with Gasteiger partial charge < -0.3 is 24.6 Å². The third-order valence-corrected chi connectivity index (χ3v) is 5.77. The monoisotopic (exact) mass is 487 g/mol. The summed E-state index contributed by atoms with van der Waals surface area (Å²) in [5, 5.41) is 13.8. The highest BCUT2D eigenvalue weighted by Crippen LogP contribution is 2.44. The van der Waals surface area contributed by atoms with Crippen LogP contribution < -0.4 is 10.1 Å². The van der Waals surface area contributed by atoms with Crippen LogP contribution in [0.15, 0.2) is 23.6 Å². The molecule has 35 heavy (non-hydrogen) atoms. The van der Waals surface area contributed by atoms with Gasteiger partial charge in [-0.05, 0) is 67.4 Å². The second-order valence-electron chi connectivity index (χ2n) is 11.3. The molecule has 0 radical (unpaired) electrons. The van der Waals surface area contributed by atoms with Gasteiger partial charge in [-0.25, -0.2) is 4.79 Å². The Bertz CT molecular complexity index is 1040. The molecule has 8 heteroatoms. The zero-order chi connectivity index (χ0) is 26.1. The number of fused-ring (bicyclic) bond motifs is 1. The number of hydrogen-bond acceptors (Lipinski definition) is 8. The molecular weight excluding hydrogens is 450 g/mol. The molecule has 2 N–H and O–H groups in total. The molecule has 1 aliphatic heterocycles. The molecule has 1 aromatic carbocycles. The second-order valence-corrected chi connectivity index (χ2v) is 11.3. The average molecular weight is 488 g/mol. The number of Topliss-reactive ketones (excluding diaryl/α,β-unsaturated/α-hetero) is 1. The third kappa shape index (κ3) is 6.55. The number of nitrogens with one attached hydrogen (secondary N) is 1. The van der Waals surface area contributed by atoms with Crippen molar-refractivity contribution in [1.82, 2.24) is 5.32 Å². The first-order valence-electron chi connectivity index (χ1n) is 12.2. The van der Waals surface area contributed by atoms with Crippen molar-refractivity contribution in [1.29, 1.82) is 0 Å². The molecule has 1 saturated carbocycles. The Morgan fingerprint density at radius 3 is 2.11 bits per heavy atom. The molecule has 0 saturated heterocycles. The van der Waals surface area contributed by atoms with E-state index in [1.165, 1.54) is 19.1 Å². The summed E-state index contributed by atoms with van der Waals surface area (Å²) in [5.74, 6) is -2.96. The van der Waals surface area contributed by atoms with Crippen LogP contribution in [0.1, 0.15) is 102 Å². The van der Waals surface area contributed by atoms with Crippen LogP contribution in [0, 0.1) is 0 Å². The van der Waals surface area contributed by atoms with Crippen molar-refractivity contribution in [3.05, 3.63) is 34.7 Å². The number of esters is 2. The molecule has 1 aliphatic carbocycles. The molecule has 3 rings (SSSR count). The number of ether oxygens (including phenoxy) is 3. The summed E-state index contributed by atoms with van der Waals surface area (Å²) < 4.78 is 17.5. The Labute approximate surface area is 207 Å². The number of phenols is 1. The zero-order valence-electron chi connectivity index (χ0n) is 21.7. The predicted molar refractivity (Wildman–Crippen MR) is 130 cm³/mol. The van der Waals surface area contributed by atoms with E-state index < -0.39 is 29.1 Å². The number of hydrogen-bond donors (Lipinski definition) is 2. The first-order valence-corrected chi connectivity index (χ1v) is 12.2. The van der Waals surface area contributed by atoms with Gasteiger partial charge in [-0.1, -0.05) is 19.3 Å². The number of benzene rings is 1. The fourth-order valence-electron chi connectivity index (χ4n) is 4.32. The van der Waals surface area contributed by atoms with Crippen LogP contribution in [0.3, 0.4) is 0 Å². The van der Waals surface area contributed by atoms with Gasteiger partial charge in [0.05, 0.1) is 5.56 Å². The molecule has 1 aromatic rings. The maximum atomic E-state index is 13.6. The van der Waals surface area contributed by atoms with Crippen molar-refractivity contribution in [3.63, 3.8) is 0 Å². The number of carbonyl (C=O) groups is 3. The van der Waals surface area contributed by atoms with Crippen LogP contribution in [0.2, 0.25) is 0 Å². The summed E-state index contributed by atoms with van der Waals surface area (Å²) in [6.07, 6.45) is 5.02. The van der Waals surface area contributed by atoms with Crippen LogP contribution in [-0.2, 0) is 19.1 Å². The van der Waals surface area contributed by atoms with Gasteiger partial charge in [-0.3, -0.25) is 9.59 Å². The molecule has 1 heterocycles. The lowest BCUT2D eigenvalue weighted by atomic mass is 9.86. The minimum atomic E-state index is -1.21. The van der Waals surface area contributed by atoms with E-state index in [0.29, 0.717) is 0 Å². The summed E-state index contributed by atoms with van der Waals surface area (Å²) in [7, 11) is 0. The van der Waals surface area contributed by atoms with Gasteiger partial charge in [0.25, 0.3) is 0 Å². The minimum Gasteiger partial charge on any atom is -0.507 e. The maximum absolute atomic E-state index is 13.6. The molecule has 0 aromatic heterocycles.